The first kappa shape index (κ1) is 31.5. The smallest absolute Gasteiger partial charge is 0.261 e. The fourth-order valence-corrected chi connectivity index (χ4v) is 7.27. The van der Waals surface area contributed by atoms with Crippen LogP contribution in [0.15, 0.2) is 53.1 Å². The summed E-state index contributed by atoms with van der Waals surface area (Å²) in [6.45, 7) is 6.75. The van der Waals surface area contributed by atoms with Crippen molar-refractivity contribution in [1.29, 1.82) is 0 Å². The summed E-state index contributed by atoms with van der Waals surface area (Å²) < 4.78 is 25.9. The minimum atomic E-state index is -3.67. The van der Waals surface area contributed by atoms with Crippen molar-refractivity contribution in [1.82, 2.24) is 0 Å². The lowest BCUT2D eigenvalue weighted by Crippen LogP contribution is -2.43. The number of ketones is 2. The van der Waals surface area contributed by atoms with Crippen molar-refractivity contribution in [3.63, 3.8) is 0 Å². The van der Waals surface area contributed by atoms with Crippen LogP contribution in [0, 0.1) is 17.3 Å². The van der Waals surface area contributed by atoms with E-state index in [0.29, 0.717) is 36.2 Å². The summed E-state index contributed by atoms with van der Waals surface area (Å²) in [5, 5.41) is 0. The van der Waals surface area contributed by atoms with Gasteiger partial charge >= 0.3 is 0 Å². The van der Waals surface area contributed by atoms with E-state index in [9.17, 15) is 18.0 Å². The van der Waals surface area contributed by atoms with E-state index in [1.54, 1.807) is 5.57 Å². The maximum Gasteiger partial charge on any atom is 0.261 e. The number of Topliss-reactive ketones (excluding diaryl/α,β-unsaturated/α-hetero) is 1. The summed E-state index contributed by atoms with van der Waals surface area (Å²) >= 11 is 0. The zero-order valence-corrected chi connectivity index (χ0v) is 25.2. The molecule has 0 aliphatic heterocycles. The van der Waals surface area contributed by atoms with Gasteiger partial charge in [-0.05, 0) is 66.7 Å². The minimum Gasteiger partial charge on any atom is -0.299 e. The van der Waals surface area contributed by atoms with E-state index in [4.69, 9.17) is 4.55 Å². The molecule has 4 aliphatic carbocycles. The van der Waals surface area contributed by atoms with Gasteiger partial charge in [0, 0.05) is 24.2 Å². The molecule has 5 rings (SSSR count). The fraction of sp³-hybridized carbons (Fsp3) is 0.636. The standard InChI is InChI=1S/C24H26O2.C8H18.CH4O3S/c1-24-14-20(15-5-3-2-4-6-15)23-18-10-8-17(25)13-16(18)7-9-19(23)21(24)11-12-22(24)26;1-3-5-7-8-6-4-2;1-5(2,3)4/h2-6,13,19-21H,7-12,14H2,1H3;3-8H2,1-2H3;1H3,(H,2,3,4)/t19?,20-,21?,24+;;/m1../s1. The van der Waals surface area contributed by atoms with E-state index in [0.717, 1.165) is 38.5 Å². The van der Waals surface area contributed by atoms with Crippen LogP contribution in [0.25, 0.3) is 0 Å². The van der Waals surface area contributed by atoms with Gasteiger partial charge in [0.05, 0.1) is 6.26 Å². The third-order valence-electron chi connectivity index (χ3n) is 9.10. The highest BCUT2D eigenvalue weighted by molar-refractivity contribution is 7.85. The Morgan fingerprint density at radius 3 is 2.10 bits per heavy atom. The van der Waals surface area contributed by atoms with Crippen LogP contribution < -0.4 is 0 Å². The van der Waals surface area contributed by atoms with Gasteiger partial charge in [0.25, 0.3) is 10.1 Å². The van der Waals surface area contributed by atoms with Gasteiger partial charge < -0.3 is 0 Å². The van der Waals surface area contributed by atoms with E-state index in [1.165, 1.54) is 55.2 Å². The second-order valence-electron chi connectivity index (χ2n) is 12.0. The SMILES string of the molecule is CCCCCCCC.CS(=O)(=O)O.C[C@]12C[C@H](c3ccccc3)C3=C4CCC(=O)C=C4CCC3C1CCC2=O. The van der Waals surface area contributed by atoms with Crippen molar-refractivity contribution in [2.45, 2.75) is 110 Å². The molecule has 6 heteroatoms. The number of benzene rings is 1. The molecule has 1 aromatic rings. The average molecular weight is 557 g/mol. The highest BCUT2D eigenvalue weighted by Gasteiger charge is 2.56. The molecule has 39 heavy (non-hydrogen) atoms. The molecule has 4 atom stereocenters. The Labute approximate surface area is 236 Å². The molecule has 4 aliphatic rings. The van der Waals surface area contributed by atoms with Crippen LogP contribution in [0.1, 0.15) is 116 Å². The van der Waals surface area contributed by atoms with Gasteiger partial charge in [-0.3, -0.25) is 14.1 Å². The van der Waals surface area contributed by atoms with Crippen molar-refractivity contribution >= 4 is 21.7 Å². The molecule has 0 radical (unpaired) electrons. The zero-order valence-electron chi connectivity index (χ0n) is 24.4. The number of unbranched alkanes of at least 4 members (excludes halogenated alkanes) is 5. The molecular formula is C33H48O5S. The number of fused-ring (bicyclic) bond motifs is 4. The maximum absolute atomic E-state index is 12.8. The van der Waals surface area contributed by atoms with Crippen molar-refractivity contribution < 1.29 is 22.6 Å². The molecule has 2 fully saturated rings. The number of carbonyl (C=O) groups is 2. The Balaban J connectivity index is 0.000000272. The van der Waals surface area contributed by atoms with E-state index in [2.05, 4.69) is 51.1 Å². The molecule has 5 nitrogen and oxygen atoms in total. The summed E-state index contributed by atoms with van der Waals surface area (Å²) in [5.41, 5.74) is 5.52. The summed E-state index contributed by atoms with van der Waals surface area (Å²) in [5.74, 6) is 2.11. The molecule has 0 bridgehead atoms. The summed E-state index contributed by atoms with van der Waals surface area (Å²) in [6, 6.07) is 10.8. The van der Waals surface area contributed by atoms with Crippen LogP contribution in [-0.4, -0.2) is 30.8 Å². The molecule has 0 heterocycles. The van der Waals surface area contributed by atoms with Crippen LogP contribution in [0.4, 0.5) is 0 Å². The van der Waals surface area contributed by atoms with Crippen LogP contribution in [-0.2, 0) is 19.7 Å². The number of hydrogen-bond acceptors (Lipinski definition) is 4. The van der Waals surface area contributed by atoms with Gasteiger partial charge in [0.2, 0.25) is 0 Å². The first-order valence-corrected chi connectivity index (χ1v) is 16.8. The van der Waals surface area contributed by atoms with Crippen LogP contribution in [0.5, 0.6) is 0 Å². The number of hydrogen-bond donors (Lipinski definition) is 1. The maximum atomic E-state index is 12.8. The summed E-state index contributed by atoms with van der Waals surface area (Å²) in [4.78, 5) is 24.8. The van der Waals surface area contributed by atoms with Gasteiger partial charge in [0.15, 0.2) is 5.78 Å². The normalized spacial score (nSPS) is 27.7. The Hall–Kier alpha value is -2.05. The van der Waals surface area contributed by atoms with Gasteiger partial charge in [-0.25, -0.2) is 0 Å². The molecule has 2 saturated carbocycles. The predicted molar refractivity (Wildman–Crippen MR) is 158 cm³/mol. The van der Waals surface area contributed by atoms with E-state index < -0.39 is 10.1 Å². The summed E-state index contributed by atoms with van der Waals surface area (Å²) in [6.07, 6.45) is 17.5. The highest BCUT2D eigenvalue weighted by Crippen LogP contribution is 2.62. The first-order valence-electron chi connectivity index (χ1n) is 15.0. The van der Waals surface area contributed by atoms with Crippen LogP contribution >= 0.6 is 0 Å². The Morgan fingerprint density at radius 2 is 1.51 bits per heavy atom. The Bertz CT molecular complexity index is 1150. The van der Waals surface area contributed by atoms with Gasteiger partial charge in [0.1, 0.15) is 5.78 Å². The van der Waals surface area contributed by atoms with Crippen molar-refractivity contribution in [2.24, 2.45) is 17.3 Å². The molecule has 0 saturated heterocycles. The number of allylic oxidation sites excluding steroid dienone is 4. The highest BCUT2D eigenvalue weighted by atomic mass is 32.2. The van der Waals surface area contributed by atoms with Crippen molar-refractivity contribution in [3.05, 3.63) is 58.7 Å². The molecule has 0 aromatic heterocycles. The molecule has 1 N–H and O–H groups in total. The third-order valence-corrected chi connectivity index (χ3v) is 9.10. The topological polar surface area (TPSA) is 88.5 Å². The Morgan fingerprint density at radius 1 is 0.897 bits per heavy atom. The molecule has 0 spiro atoms. The largest absolute Gasteiger partial charge is 0.299 e. The van der Waals surface area contributed by atoms with Gasteiger partial charge in [-0.1, -0.05) is 95.2 Å². The van der Waals surface area contributed by atoms with Crippen LogP contribution in [0.2, 0.25) is 0 Å². The number of carbonyl (C=O) groups excluding carboxylic acids is 2. The van der Waals surface area contributed by atoms with E-state index >= 15 is 0 Å². The van der Waals surface area contributed by atoms with Gasteiger partial charge in [-0.2, -0.15) is 8.42 Å². The van der Waals surface area contributed by atoms with Gasteiger partial charge in [-0.15, -0.1) is 0 Å². The monoisotopic (exact) mass is 556 g/mol. The van der Waals surface area contributed by atoms with E-state index in [-0.39, 0.29) is 11.2 Å². The van der Waals surface area contributed by atoms with Crippen molar-refractivity contribution in [3.8, 4) is 0 Å². The lowest BCUT2D eigenvalue weighted by Gasteiger charge is -2.50. The molecule has 1 aromatic carbocycles. The van der Waals surface area contributed by atoms with Crippen molar-refractivity contribution in [2.75, 3.05) is 6.26 Å². The fourth-order valence-electron chi connectivity index (χ4n) is 7.27. The molecular weight excluding hydrogens is 508 g/mol. The lowest BCUT2D eigenvalue weighted by molar-refractivity contribution is -0.128. The first-order chi connectivity index (χ1) is 18.5. The summed E-state index contributed by atoms with van der Waals surface area (Å²) in [7, 11) is -3.67. The third kappa shape index (κ3) is 8.23. The number of rotatable bonds is 6. The van der Waals surface area contributed by atoms with E-state index in [1.807, 2.05) is 6.08 Å². The zero-order chi connectivity index (χ0) is 28.6. The molecule has 2 unspecified atom stereocenters. The lowest BCUT2D eigenvalue weighted by atomic mass is 9.53. The predicted octanol–water partition coefficient (Wildman–Crippen LogP) is 8.03. The second-order valence-corrected chi connectivity index (χ2v) is 13.5. The quantitative estimate of drug-likeness (QED) is 0.283. The average Bonchev–Trinajstić information content (AvgIpc) is 3.20. The second kappa shape index (κ2) is 14.0. The molecule has 216 valence electrons. The Kier molecular flexibility index (Phi) is 11.3. The van der Waals surface area contributed by atoms with Crippen LogP contribution in [0.3, 0.4) is 0 Å². The minimum absolute atomic E-state index is 0.166. The molecule has 0 amide bonds.